The van der Waals surface area contributed by atoms with E-state index < -0.39 is 6.10 Å². The number of ether oxygens (including phenoxy) is 3. The molecule has 0 heterocycles. The molecule has 0 saturated carbocycles. The van der Waals surface area contributed by atoms with E-state index in [1.807, 2.05) is 0 Å². The summed E-state index contributed by atoms with van der Waals surface area (Å²) in [5.41, 5.74) is 0. The zero-order valence-corrected chi connectivity index (χ0v) is 50.4. The van der Waals surface area contributed by atoms with Crippen molar-refractivity contribution in [2.24, 2.45) is 0 Å². The molecule has 6 nitrogen and oxygen atoms in total. The van der Waals surface area contributed by atoms with E-state index in [2.05, 4.69) is 130 Å². The Labute approximate surface area is 476 Å². The number of hydrogen-bond donors (Lipinski definition) is 0. The van der Waals surface area contributed by atoms with Crippen LogP contribution < -0.4 is 0 Å². The summed E-state index contributed by atoms with van der Waals surface area (Å²) >= 11 is 0. The molecule has 0 aromatic rings. The molecule has 0 amide bonds. The second-order valence-electron chi connectivity index (χ2n) is 21.3. The third-order valence-corrected chi connectivity index (χ3v) is 13.7. The second kappa shape index (κ2) is 64.6. The van der Waals surface area contributed by atoms with E-state index in [-0.39, 0.29) is 31.1 Å². The first kappa shape index (κ1) is 73.1. The Bertz CT molecular complexity index is 1560. The van der Waals surface area contributed by atoms with Gasteiger partial charge in [-0.1, -0.05) is 271 Å². The maximum atomic E-state index is 12.9. The highest BCUT2D eigenvalue weighted by atomic mass is 16.6. The summed E-state index contributed by atoms with van der Waals surface area (Å²) in [7, 11) is 0. The Kier molecular flexibility index (Phi) is 61.3. The van der Waals surface area contributed by atoms with Crippen LogP contribution in [0.5, 0.6) is 0 Å². The summed E-state index contributed by atoms with van der Waals surface area (Å²) in [6.07, 6.45) is 88.0. The van der Waals surface area contributed by atoms with Gasteiger partial charge in [-0.2, -0.15) is 0 Å². The molecule has 0 saturated heterocycles. The fraction of sp³-hybridized carbons (Fsp3) is 0.704. The molecule has 6 heteroatoms. The molecule has 0 rings (SSSR count). The quantitative estimate of drug-likeness (QED) is 0.0261. The predicted octanol–water partition coefficient (Wildman–Crippen LogP) is 22.2. The van der Waals surface area contributed by atoms with Crippen LogP contribution in [0.15, 0.2) is 109 Å². The van der Waals surface area contributed by atoms with Crippen molar-refractivity contribution in [3.63, 3.8) is 0 Å². The molecule has 0 fully saturated rings. The lowest BCUT2D eigenvalue weighted by atomic mass is 10.0. The maximum absolute atomic E-state index is 12.9. The first-order valence-electron chi connectivity index (χ1n) is 32.4. The van der Waals surface area contributed by atoms with E-state index in [1.54, 1.807) is 0 Å². The zero-order valence-electron chi connectivity index (χ0n) is 50.4. The van der Waals surface area contributed by atoms with Gasteiger partial charge in [0.05, 0.1) is 0 Å². The number of carbonyl (C=O) groups is 3. The van der Waals surface area contributed by atoms with Crippen molar-refractivity contribution in [3.05, 3.63) is 109 Å². The van der Waals surface area contributed by atoms with Crippen LogP contribution in [0.3, 0.4) is 0 Å². The summed E-state index contributed by atoms with van der Waals surface area (Å²) in [5.74, 6) is -0.897. The van der Waals surface area contributed by atoms with Gasteiger partial charge in [-0.05, 0) is 122 Å². The molecule has 77 heavy (non-hydrogen) atoms. The van der Waals surface area contributed by atoms with E-state index in [4.69, 9.17) is 14.2 Å². The molecule has 0 aromatic carbocycles. The molecule has 0 aromatic heterocycles. The van der Waals surface area contributed by atoms with Crippen LogP contribution in [-0.2, 0) is 28.6 Å². The van der Waals surface area contributed by atoms with Crippen molar-refractivity contribution in [1.82, 2.24) is 0 Å². The first-order valence-corrected chi connectivity index (χ1v) is 32.4. The predicted molar refractivity (Wildman–Crippen MR) is 334 cm³/mol. The molecule has 1 unspecified atom stereocenters. The fourth-order valence-electron chi connectivity index (χ4n) is 8.95. The lowest BCUT2D eigenvalue weighted by Crippen LogP contribution is -2.30. The normalized spacial score (nSPS) is 12.8. The van der Waals surface area contributed by atoms with Gasteiger partial charge in [-0.25, -0.2) is 0 Å². The van der Waals surface area contributed by atoms with Crippen molar-refractivity contribution in [3.8, 4) is 0 Å². The van der Waals surface area contributed by atoms with Crippen LogP contribution in [0.1, 0.15) is 303 Å². The van der Waals surface area contributed by atoms with Crippen LogP contribution in [0.25, 0.3) is 0 Å². The van der Waals surface area contributed by atoms with Gasteiger partial charge in [-0.3, -0.25) is 14.4 Å². The Morgan fingerprint density at radius 2 is 0.506 bits per heavy atom. The van der Waals surface area contributed by atoms with Gasteiger partial charge in [0.15, 0.2) is 6.10 Å². The van der Waals surface area contributed by atoms with Gasteiger partial charge >= 0.3 is 17.9 Å². The van der Waals surface area contributed by atoms with E-state index in [0.29, 0.717) is 19.3 Å². The van der Waals surface area contributed by atoms with E-state index >= 15 is 0 Å². The van der Waals surface area contributed by atoms with Crippen LogP contribution in [-0.4, -0.2) is 37.2 Å². The number of esters is 3. The topological polar surface area (TPSA) is 78.9 Å². The summed E-state index contributed by atoms with van der Waals surface area (Å²) in [5, 5.41) is 0. The van der Waals surface area contributed by atoms with Crippen molar-refractivity contribution >= 4 is 17.9 Å². The molecule has 0 spiro atoms. The lowest BCUT2D eigenvalue weighted by Gasteiger charge is -2.18. The molecule has 1 atom stereocenters. The number of allylic oxidation sites excluding steroid dienone is 18. The first-order chi connectivity index (χ1) is 38.0. The molecular formula is C71H120O6. The lowest BCUT2D eigenvalue weighted by molar-refractivity contribution is -0.167. The third-order valence-electron chi connectivity index (χ3n) is 13.7. The van der Waals surface area contributed by atoms with Gasteiger partial charge < -0.3 is 14.2 Å². The van der Waals surface area contributed by atoms with E-state index in [0.717, 1.165) is 122 Å². The molecule has 0 aliphatic carbocycles. The van der Waals surface area contributed by atoms with Crippen molar-refractivity contribution in [2.45, 2.75) is 309 Å². The van der Waals surface area contributed by atoms with Gasteiger partial charge in [0.2, 0.25) is 0 Å². The standard InChI is InChI=1S/C71H120O6/c1-4-7-10-13-16-19-22-25-28-31-32-33-34-35-36-37-38-41-43-46-49-52-55-58-61-64-70(73)76-67-68(77-71(74)65-62-59-56-53-50-47-44-40-30-27-24-21-18-15-12-9-6-3)66-75-69(72)63-60-57-54-51-48-45-42-39-29-26-23-20-17-14-11-8-5-2/h7,9-10,12,16-21,25-30,32-33,68H,4-6,8,11,13-15,22-24,31,34-67H2,1-3H3/b10-7-,12-9-,19-16-,20-17-,21-18-,28-25-,29-26-,30-27-,33-32-. The largest absolute Gasteiger partial charge is 0.462 e. The van der Waals surface area contributed by atoms with Crippen molar-refractivity contribution in [1.29, 1.82) is 0 Å². The average molecular weight is 1070 g/mol. The minimum Gasteiger partial charge on any atom is -0.462 e. The van der Waals surface area contributed by atoms with Gasteiger partial charge in [0.25, 0.3) is 0 Å². The zero-order chi connectivity index (χ0) is 55.7. The highest BCUT2D eigenvalue weighted by Gasteiger charge is 2.19. The summed E-state index contributed by atoms with van der Waals surface area (Å²) < 4.78 is 16.9. The number of rotatable bonds is 58. The van der Waals surface area contributed by atoms with Crippen LogP contribution >= 0.6 is 0 Å². The molecule has 440 valence electrons. The molecule has 0 radical (unpaired) electrons. The molecule has 0 aliphatic heterocycles. The van der Waals surface area contributed by atoms with E-state index in [1.165, 1.54) is 141 Å². The molecular weight excluding hydrogens is 949 g/mol. The van der Waals surface area contributed by atoms with E-state index in [9.17, 15) is 14.4 Å². The smallest absolute Gasteiger partial charge is 0.306 e. The SMILES string of the molecule is CC/C=C\C/C=C\C/C=C\C/C=C\CCCCCCCCCCCCCCC(=O)OCC(COC(=O)CCCCCCCCC/C=C\C/C=C\CCCCC)OC(=O)CCCCCCCCC/C=C\C/C=C\C/C=C\CC. The summed E-state index contributed by atoms with van der Waals surface area (Å²) in [6.45, 7) is 6.40. The fourth-order valence-corrected chi connectivity index (χ4v) is 8.95. The Morgan fingerprint density at radius 3 is 0.792 bits per heavy atom. The Morgan fingerprint density at radius 1 is 0.273 bits per heavy atom. The highest BCUT2D eigenvalue weighted by molar-refractivity contribution is 5.71. The third kappa shape index (κ3) is 62.8. The average Bonchev–Trinajstić information content (AvgIpc) is 3.43. The van der Waals surface area contributed by atoms with Crippen molar-refractivity contribution < 1.29 is 28.6 Å². The molecule has 0 bridgehead atoms. The van der Waals surface area contributed by atoms with Crippen molar-refractivity contribution in [2.75, 3.05) is 13.2 Å². The monoisotopic (exact) mass is 1070 g/mol. The number of hydrogen-bond acceptors (Lipinski definition) is 6. The Hall–Kier alpha value is -3.93. The van der Waals surface area contributed by atoms with Gasteiger partial charge in [0, 0.05) is 19.3 Å². The minimum absolute atomic E-state index is 0.0857. The maximum Gasteiger partial charge on any atom is 0.306 e. The van der Waals surface area contributed by atoms with Gasteiger partial charge in [0.1, 0.15) is 13.2 Å². The number of unbranched alkanes of at least 4 members (excludes halogenated alkanes) is 29. The number of carbonyl (C=O) groups excluding carboxylic acids is 3. The summed E-state index contributed by atoms with van der Waals surface area (Å²) in [6, 6.07) is 0. The van der Waals surface area contributed by atoms with Crippen LogP contribution in [0.2, 0.25) is 0 Å². The highest BCUT2D eigenvalue weighted by Crippen LogP contribution is 2.16. The minimum atomic E-state index is -0.790. The van der Waals surface area contributed by atoms with Crippen LogP contribution in [0, 0.1) is 0 Å². The summed E-state index contributed by atoms with van der Waals surface area (Å²) in [4.78, 5) is 38.4. The molecule has 0 aliphatic rings. The Balaban J connectivity index is 4.36. The molecule has 0 N–H and O–H groups in total. The van der Waals surface area contributed by atoms with Crippen LogP contribution in [0.4, 0.5) is 0 Å². The van der Waals surface area contributed by atoms with Gasteiger partial charge in [-0.15, -0.1) is 0 Å². The second-order valence-corrected chi connectivity index (χ2v) is 21.3.